The van der Waals surface area contributed by atoms with Gasteiger partial charge in [-0.1, -0.05) is 0 Å². The highest BCUT2D eigenvalue weighted by molar-refractivity contribution is 5.78. The number of rotatable bonds is 3. The highest BCUT2D eigenvalue weighted by Gasteiger charge is 2.24. The number of carbonyl (C=O) groups excluding carboxylic acids is 1. The van der Waals surface area contributed by atoms with Crippen LogP contribution in [-0.4, -0.2) is 89.3 Å². The Kier molecular flexibility index (Phi) is 4.54. The SMILES string of the molecule is Cc1cc2c(N3CCN(CC(=O)N4CCOCC4)CC3)nccn2n1. The summed E-state index contributed by atoms with van der Waals surface area (Å²) in [4.78, 5) is 23.4. The van der Waals surface area contributed by atoms with Gasteiger partial charge >= 0.3 is 0 Å². The van der Waals surface area contributed by atoms with Gasteiger partial charge in [0, 0.05) is 51.7 Å². The number of carbonyl (C=O) groups is 1. The van der Waals surface area contributed by atoms with Crippen molar-refractivity contribution < 1.29 is 9.53 Å². The second-order valence-corrected chi connectivity index (χ2v) is 6.62. The van der Waals surface area contributed by atoms with Crippen molar-refractivity contribution in [2.45, 2.75) is 6.92 Å². The Morgan fingerprint density at radius 3 is 2.68 bits per heavy atom. The average molecular weight is 344 g/mol. The van der Waals surface area contributed by atoms with Crippen molar-refractivity contribution in [2.75, 3.05) is 63.9 Å². The first-order chi connectivity index (χ1) is 12.2. The molecular weight excluding hydrogens is 320 g/mol. The van der Waals surface area contributed by atoms with Gasteiger partial charge in [-0.05, 0) is 13.0 Å². The molecule has 0 radical (unpaired) electrons. The minimum absolute atomic E-state index is 0.211. The molecule has 2 aliphatic heterocycles. The number of anilines is 1. The molecule has 0 spiro atoms. The predicted molar refractivity (Wildman–Crippen MR) is 93.8 cm³/mol. The molecule has 0 atom stereocenters. The number of fused-ring (bicyclic) bond motifs is 1. The molecule has 0 unspecified atom stereocenters. The Morgan fingerprint density at radius 1 is 1.16 bits per heavy atom. The summed E-state index contributed by atoms with van der Waals surface area (Å²) < 4.78 is 7.19. The van der Waals surface area contributed by atoms with Crippen molar-refractivity contribution in [3.8, 4) is 0 Å². The maximum Gasteiger partial charge on any atom is 0.236 e. The lowest BCUT2D eigenvalue weighted by molar-refractivity contribution is -0.136. The Morgan fingerprint density at radius 2 is 1.92 bits per heavy atom. The number of morpholine rings is 1. The maximum absolute atomic E-state index is 12.4. The number of amides is 1. The van der Waals surface area contributed by atoms with Crippen molar-refractivity contribution in [1.29, 1.82) is 0 Å². The number of aryl methyl sites for hydroxylation is 1. The van der Waals surface area contributed by atoms with Crippen LogP contribution in [0.5, 0.6) is 0 Å². The lowest BCUT2D eigenvalue weighted by Gasteiger charge is -2.36. The summed E-state index contributed by atoms with van der Waals surface area (Å²) in [5.74, 6) is 1.19. The van der Waals surface area contributed by atoms with E-state index in [0.717, 1.165) is 43.2 Å². The van der Waals surface area contributed by atoms with Crippen molar-refractivity contribution in [3.63, 3.8) is 0 Å². The quantitative estimate of drug-likeness (QED) is 0.782. The zero-order valence-electron chi connectivity index (χ0n) is 14.6. The second kappa shape index (κ2) is 6.97. The van der Waals surface area contributed by atoms with Crippen molar-refractivity contribution in [1.82, 2.24) is 24.4 Å². The van der Waals surface area contributed by atoms with Gasteiger partial charge in [0.2, 0.25) is 5.91 Å². The standard InChI is InChI=1S/C17H24N6O2/c1-14-12-15-17(18-2-3-23(15)19-14)22-6-4-20(5-7-22)13-16(24)21-8-10-25-11-9-21/h2-3,12H,4-11,13H2,1H3. The van der Waals surface area contributed by atoms with E-state index in [-0.39, 0.29) is 5.91 Å². The lowest BCUT2D eigenvalue weighted by Crippen LogP contribution is -2.51. The first kappa shape index (κ1) is 16.3. The van der Waals surface area contributed by atoms with Crippen LogP contribution in [0.2, 0.25) is 0 Å². The summed E-state index contributed by atoms with van der Waals surface area (Å²) in [7, 11) is 0. The minimum Gasteiger partial charge on any atom is -0.378 e. The molecule has 25 heavy (non-hydrogen) atoms. The first-order valence-corrected chi connectivity index (χ1v) is 8.84. The fourth-order valence-electron chi connectivity index (χ4n) is 3.50. The van der Waals surface area contributed by atoms with Gasteiger partial charge in [-0.3, -0.25) is 9.69 Å². The van der Waals surface area contributed by atoms with E-state index in [0.29, 0.717) is 32.8 Å². The molecule has 4 rings (SSSR count). The molecule has 2 fully saturated rings. The van der Waals surface area contributed by atoms with Gasteiger partial charge < -0.3 is 14.5 Å². The fourth-order valence-corrected chi connectivity index (χ4v) is 3.50. The van der Waals surface area contributed by atoms with Gasteiger partial charge in [-0.2, -0.15) is 5.10 Å². The first-order valence-electron chi connectivity index (χ1n) is 8.84. The van der Waals surface area contributed by atoms with E-state index in [1.54, 1.807) is 6.20 Å². The van der Waals surface area contributed by atoms with Crippen LogP contribution in [0.25, 0.3) is 5.52 Å². The number of nitrogens with zero attached hydrogens (tertiary/aromatic N) is 6. The topological polar surface area (TPSA) is 66.2 Å². The smallest absolute Gasteiger partial charge is 0.236 e. The number of hydrogen-bond donors (Lipinski definition) is 0. The molecule has 2 aromatic heterocycles. The molecule has 2 saturated heterocycles. The largest absolute Gasteiger partial charge is 0.378 e. The summed E-state index contributed by atoms with van der Waals surface area (Å²) >= 11 is 0. The minimum atomic E-state index is 0.211. The van der Waals surface area contributed by atoms with Gasteiger partial charge in [0.1, 0.15) is 5.52 Å². The Labute approximate surface area is 147 Å². The van der Waals surface area contributed by atoms with Gasteiger partial charge in [0.15, 0.2) is 5.82 Å². The van der Waals surface area contributed by atoms with Crippen molar-refractivity contribution >= 4 is 17.2 Å². The van der Waals surface area contributed by atoms with E-state index >= 15 is 0 Å². The summed E-state index contributed by atoms with van der Waals surface area (Å²) in [6.45, 7) is 8.69. The summed E-state index contributed by atoms with van der Waals surface area (Å²) in [6.07, 6.45) is 3.67. The Bertz CT molecular complexity index is 747. The van der Waals surface area contributed by atoms with Gasteiger partial charge in [0.25, 0.3) is 0 Å². The Hall–Kier alpha value is -2.19. The molecule has 0 aliphatic carbocycles. The van der Waals surface area contributed by atoms with Crippen LogP contribution in [0.4, 0.5) is 5.82 Å². The Balaban J connectivity index is 1.37. The van der Waals surface area contributed by atoms with Gasteiger partial charge in [-0.15, -0.1) is 0 Å². The fraction of sp³-hybridized carbons (Fsp3) is 0.588. The molecule has 2 aliphatic rings. The second-order valence-electron chi connectivity index (χ2n) is 6.62. The average Bonchev–Trinajstić information content (AvgIpc) is 3.03. The van der Waals surface area contributed by atoms with Crippen molar-refractivity contribution in [3.05, 3.63) is 24.2 Å². The molecule has 134 valence electrons. The monoisotopic (exact) mass is 344 g/mol. The van der Waals surface area contributed by atoms with Crippen LogP contribution in [0.15, 0.2) is 18.5 Å². The molecule has 0 bridgehead atoms. The van der Waals surface area contributed by atoms with Crippen LogP contribution < -0.4 is 4.90 Å². The van der Waals surface area contributed by atoms with E-state index in [9.17, 15) is 4.79 Å². The van der Waals surface area contributed by atoms with E-state index in [2.05, 4.69) is 25.9 Å². The number of aromatic nitrogens is 3. The number of piperazine rings is 1. The van der Waals surface area contributed by atoms with E-state index in [1.165, 1.54) is 0 Å². The van der Waals surface area contributed by atoms with Gasteiger partial charge in [0.05, 0.1) is 25.5 Å². The number of ether oxygens (including phenoxy) is 1. The van der Waals surface area contributed by atoms with Gasteiger partial charge in [-0.25, -0.2) is 9.50 Å². The third kappa shape index (κ3) is 3.45. The van der Waals surface area contributed by atoms with Crippen molar-refractivity contribution in [2.24, 2.45) is 0 Å². The van der Waals surface area contributed by atoms with E-state index in [1.807, 2.05) is 22.5 Å². The molecule has 0 aromatic carbocycles. The molecular formula is C17H24N6O2. The van der Waals surface area contributed by atoms with Crippen LogP contribution in [-0.2, 0) is 9.53 Å². The summed E-state index contributed by atoms with van der Waals surface area (Å²) in [6, 6.07) is 2.07. The molecule has 1 amide bonds. The zero-order valence-corrected chi connectivity index (χ0v) is 14.6. The lowest BCUT2D eigenvalue weighted by atomic mass is 10.2. The normalized spacial score (nSPS) is 19.6. The predicted octanol–water partition coefficient (Wildman–Crippen LogP) is 0.0185. The highest BCUT2D eigenvalue weighted by Crippen LogP contribution is 2.20. The summed E-state index contributed by atoms with van der Waals surface area (Å²) in [5.41, 5.74) is 2.03. The molecule has 8 heteroatoms. The number of hydrogen-bond acceptors (Lipinski definition) is 6. The third-order valence-electron chi connectivity index (χ3n) is 4.89. The molecule has 0 saturated carbocycles. The molecule has 4 heterocycles. The van der Waals surface area contributed by atoms with Crippen LogP contribution in [0.1, 0.15) is 5.69 Å². The molecule has 0 N–H and O–H groups in total. The van der Waals surface area contributed by atoms with Crippen LogP contribution in [0, 0.1) is 6.92 Å². The van der Waals surface area contributed by atoms with E-state index < -0.39 is 0 Å². The zero-order chi connectivity index (χ0) is 17.2. The van der Waals surface area contributed by atoms with E-state index in [4.69, 9.17) is 4.74 Å². The van der Waals surface area contributed by atoms with Crippen LogP contribution in [0.3, 0.4) is 0 Å². The van der Waals surface area contributed by atoms with Crippen LogP contribution >= 0.6 is 0 Å². The molecule has 2 aromatic rings. The highest BCUT2D eigenvalue weighted by atomic mass is 16.5. The molecule has 8 nitrogen and oxygen atoms in total. The summed E-state index contributed by atoms with van der Waals surface area (Å²) in [5, 5.41) is 4.45. The maximum atomic E-state index is 12.4. The third-order valence-corrected chi connectivity index (χ3v) is 4.89.